The maximum absolute atomic E-state index is 13.4. The molecule has 0 unspecified atom stereocenters. The molecule has 0 radical (unpaired) electrons. The minimum absolute atomic E-state index is 0.101. The predicted molar refractivity (Wildman–Crippen MR) is 106 cm³/mol. The van der Waals surface area contributed by atoms with Crippen molar-refractivity contribution in [2.75, 3.05) is 39.4 Å². The highest BCUT2D eigenvalue weighted by molar-refractivity contribution is 7.89. The molecule has 3 aliphatic rings. The molecule has 1 amide bonds. The maximum Gasteiger partial charge on any atom is 0.243 e. The number of amides is 1. The van der Waals surface area contributed by atoms with Crippen LogP contribution in [-0.2, 0) is 19.6 Å². The molecule has 156 valence electrons. The fraction of sp³-hybridized carbons (Fsp3) is 0.619. The van der Waals surface area contributed by atoms with Crippen LogP contribution in [0, 0.1) is 22.7 Å². The van der Waals surface area contributed by atoms with E-state index in [0.717, 1.165) is 32.4 Å². The number of rotatable bonds is 3. The molecule has 0 aliphatic carbocycles. The molecule has 1 aromatic rings. The van der Waals surface area contributed by atoms with E-state index in [-0.39, 0.29) is 28.7 Å². The smallest absolute Gasteiger partial charge is 0.243 e. The van der Waals surface area contributed by atoms with E-state index >= 15 is 0 Å². The number of ether oxygens (including phenoxy) is 1. The molecule has 3 saturated heterocycles. The van der Waals surface area contributed by atoms with Crippen LogP contribution in [0.15, 0.2) is 29.2 Å². The average Bonchev–Trinajstić information content (AvgIpc) is 3.13. The zero-order valence-electron chi connectivity index (χ0n) is 16.5. The van der Waals surface area contributed by atoms with Gasteiger partial charge in [-0.1, -0.05) is 0 Å². The Morgan fingerprint density at radius 1 is 1.10 bits per heavy atom. The second-order valence-electron chi connectivity index (χ2n) is 8.35. The van der Waals surface area contributed by atoms with Gasteiger partial charge >= 0.3 is 0 Å². The number of sulfonamides is 1. The predicted octanol–water partition coefficient (Wildman–Crippen LogP) is 1.99. The molecule has 0 saturated carbocycles. The first-order valence-electron chi connectivity index (χ1n) is 10.3. The standard InChI is InChI=1S/C21H27N3O4S/c22-14-17-4-6-18(7-5-17)29(26,27)24-15-19(20(25)23-10-2-1-3-11-23)21(16-24)8-12-28-13-9-21/h4-7,19H,1-3,8-13,15-16H2/t19-/m1/s1. The number of piperidine rings is 1. The lowest BCUT2D eigenvalue weighted by atomic mass is 9.71. The van der Waals surface area contributed by atoms with Gasteiger partial charge in [0.05, 0.1) is 22.4 Å². The number of hydrogen-bond donors (Lipinski definition) is 0. The van der Waals surface area contributed by atoms with Crippen molar-refractivity contribution in [3.8, 4) is 6.07 Å². The quantitative estimate of drug-likeness (QED) is 0.750. The fourth-order valence-corrected chi connectivity index (χ4v) is 6.47. The van der Waals surface area contributed by atoms with E-state index in [1.807, 2.05) is 11.0 Å². The third-order valence-corrected chi connectivity index (χ3v) is 8.52. The molecule has 1 spiro atoms. The van der Waals surface area contributed by atoms with Crippen molar-refractivity contribution in [2.24, 2.45) is 11.3 Å². The number of carbonyl (C=O) groups is 1. The minimum Gasteiger partial charge on any atom is -0.381 e. The molecular formula is C21H27N3O4S. The zero-order valence-corrected chi connectivity index (χ0v) is 17.4. The first kappa shape index (κ1) is 20.3. The summed E-state index contributed by atoms with van der Waals surface area (Å²) in [7, 11) is -3.72. The van der Waals surface area contributed by atoms with Gasteiger partial charge in [0, 0.05) is 44.8 Å². The van der Waals surface area contributed by atoms with E-state index in [1.54, 1.807) is 0 Å². The van der Waals surface area contributed by atoms with Gasteiger partial charge in [-0.25, -0.2) is 8.42 Å². The second kappa shape index (κ2) is 8.05. The van der Waals surface area contributed by atoms with Crippen LogP contribution < -0.4 is 0 Å². The number of likely N-dealkylation sites (tertiary alicyclic amines) is 1. The summed E-state index contributed by atoms with van der Waals surface area (Å²) in [6.45, 7) is 3.23. The highest BCUT2D eigenvalue weighted by Crippen LogP contribution is 2.46. The van der Waals surface area contributed by atoms with Gasteiger partial charge in [0.2, 0.25) is 15.9 Å². The Bertz CT molecular complexity index is 895. The third kappa shape index (κ3) is 3.79. The third-order valence-electron chi connectivity index (χ3n) is 6.69. The van der Waals surface area contributed by atoms with Crippen molar-refractivity contribution < 1.29 is 17.9 Å². The van der Waals surface area contributed by atoms with E-state index in [9.17, 15) is 13.2 Å². The Balaban J connectivity index is 1.62. The summed E-state index contributed by atoms with van der Waals surface area (Å²) in [6.07, 6.45) is 4.59. The topological polar surface area (TPSA) is 90.7 Å². The van der Waals surface area contributed by atoms with E-state index in [4.69, 9.17) is 10.00 Å². The van der Waals surface area contributed by atoms with Crippen LogP contribution >= 0.6 is 0 Å². The normalized spacial score (nSPS) is 25.1. The van der Waals surface area contributed by atoms with Gasteiger partial charge in [-0.3, -0.25) is 4.79 Å². The van der Waals surface area contributed by atoms with Crippen LogP contribution in [0.4, 0.5) is 0 Å². The number of carbonyl (C=O) groups excluding carboxylic acids is 1. The molecule has 3 fully saturated rings. The van der Waals surface area contributed by atoms with Crippen molar-refractivity contribution in [1.29, 1.82) is 5.26 Å². The molecule has 7 nitrogen and oxygen atoms in total. The number of nitriles is 1. The van der Waals surface area contributed by atoms with Crippen LogP contribution in [0.5, 0.6) is 0 Å². The largest absolute Gasteiger partial charge is 0.381 e. The first-order valence-corrected chi connectivity index (χ1v) is 11.8. The van der Waals surface area contributed by atoms with Crippen molar-refractivity contribution in [3.63, 3.8) is 0 Å². The van der Waals surface area contributed by atoms with Crippen LogP contribution in [0.3, 0.4) is 0 Å². The van der Waals surface area contributed by atoms with Crippen LogP contribution in [-0.4, -0.2) is 62.9 Å². The second-order valence-corrected chi connectivity index (χ2v) is 10.3. The molecule has 4 rings (SSSR count). The summed E-state index contributed by atoms with van der Waals surface area (Å²) in [6, 6.07) is 8.00. The summed E-state index contributed by atoms with van der Waals surface area (Å²) < 4.78 is 33.6. The number of nitrogens with zero attached hydrogens (tertiary/aromatic N) is 3. The Kier molecular flexibility index (Phi) is 5.65. The lowest BCUT2D eigenvalue weighted by Crippen LogP contribution is -2.47. The van der Waals surface area contributed by atoms with Gasteiger partial charge < -0.3 is 9.64 Å². The van der Waals surface area contributed by atoms with Gasteiger partial charge in [0.15, 0.2) is 0 Å². The highest BCUT2D eigenvalue weighted by atomic mass is 32.2. The number of hydrogen-bond acceptors (Lipinski definition) is 5. The summed E-state index contributed by atoms with van der Waals surface area (Å²) in [5.41, 5.74) is 0.0660. The monoisotopic (exact) mass is 417 g/mol. The number of benzene rings is 1. The van der Waals surface area contributed by atoms with E-state index in [2.05, 4.69) is 0 Å². The lowest BCUT2D eigenvalue weighted by molar-refractivity contribution is -0.141. The van der Waals surface area contributed by atoms with Crippen LogP contribution in [0.25, 0.3) is 0 Å². The Morgan fingerprint density at radius 2 is 1.76 bits per heavy atom. The zero-order chi connectivity index (χ0) is 20.5. The van der Waals surface area contributed by atoms with E-state index < -0.39 is 10.0 Å². The van der Waals surface area contributed by atoms with Crippen molar-refractivity contribution in [2.45, 2.75) is 37.0 Å². The van der Waals surface area contributed by atoms with E-state index in [1.165, 1.54) is 28.6 Å². The molecule has 0 aromatic heterocycles. The summed E-state index contributed by atoms with van der Waals surface area (Å²) in [5, 5.41) is 8.96. The molecule has 1 aromatic carbocycles. The van der Waals surface area contributed by atoms with Gasteiger partial charge in [-0.2, -0.15) is 9.57 Å². The molecule has 29 heavy (non-hydrogen) atoms. The van der Waals surface area contributed by atoms with Crippen LogP contribution in [0.2, 0.25) is 0 Å². The average molecular weight is 418 g/mol. The summed E-state index contributed by atoms with van der Waals surface area (Å²) >= 11 is 0. The minimum atomic E-state index is -3.72. The molecule has 1 atom stereocenters. The fourth-order valence-electron chi connectivity index (χ4n) is 4.92. The summed E-state index contributed by atoms with van der Waals surface area (Å²) in [4.78, 5) is 15.5. The van der Waals surface area contributed by atoms with Gasteiger partial charge in [0.25, 0.3) is 0 Å². The lowest BCUT2D eigenvalue weighted by Gasteiger charge is -2.40. The molecule has 0 N–H and O–H groups in total. The molecule has 3 heterocycles. The molecule has 3 aliphatic heterocycles. The van der Waals surface area contributed by atoms with Gasteiger partial charge in [0.1, 0.15) is 0 Å². The van der Waals surface area contributed by atoms with Gasteiger partial charge in [-0.15, -0.1) is 0 Å². The SMILES string of the molecule is N#Cc1ccc(S(=O)(=O)N2C[C@H](C(=O)N3CCCCC3)C3(CCOCC3)C2)cc1. The molecule has 8 heteroatoms. The Labute approximate surface area is 172 Å². The summed E-state index contributed by atoms with van der Waals surface area (Å²) in [5.74, 6) is -0.221. The first-order chi connectivity index (χ1) is 14.0. The highest BCUT2D eigenvalue weighted by Gasteiger charge is 2.54. The van der Waals surface area contributed by atoms with Crippen molar-refractivity contribution in [1.82, 2.24) is 9.21 Å². The maximum atomic E-state index is 13.4. The van der Waals surface area contributed by atoms with E-state index in [0.29, 0.717) is 38.2 Å². The van der Waals surface area contributed by atoms with Gasteiger partial charge in [-0.05, 0) is 56.4 Å². The Hall–Kier alpha value is -1.95. The Morgan fingerprint density at radius 3 is 2.38 bits per heavy atom. The van der Waals surface area contributed by atoms with Crippen molar-refractivity contribution in [3.05, 3.63) is 29.8 Å². The molecule has 0 bridgehead atoms. The molecular weight excluding hydrogens is 390 g/mol. The van der Waals surface area contributed by atoms with Crippen molar-refractivity contribution >= 4 is 15.9 Å². The van der Waals surface area contributed by atoms with Crippen LogP contribution in [0.1, 0.15) is 37.7 Å².